The molecule has 0 aromatic heterocycles. The maximum absolute atomic E-state index is 11.9. The Hall–Kier alpha value is -1.88. The molecular weight excluding hydrogens is 270 g/mol. The van der Waals surface area contributed by atoms with Gasteiger partial charge in [-0.2, -0.15) is 0 Å². The lowest BCUT2D eigenvalue weighted by molar-refractivity contribution is -0.149. The molecule has 1 aromatic carbocycles. The molecule has 6 heteroatoms. The van der Waals surface area contributed by atoms with E-state index in [2.05, 4.69) is 0 Å². The van der Waals surface area contributed by atoms with Crippen LogP contribution in [0.1, 0.15) is 12.0 Å². The van der Waals surface area contributed by atoms with Gasteiger partial charge in [0.15, 0.2) is 0 Å². The number of carboxylic acid groups (broad SMARTS) is 1. The average molecular weight is 282 g/mol. The van der Waals surface area contributed by atoms with Crippen molar-refractivity contribution in [2.45, 2.75) is 12.8 Å². The number of carbonyl (C=O) groups excluding carboxylic acids is 2. The van der Waals surface area contributed by atoms with Crippen molar-refractivity contribution in [3.63, 3.8) is 0 Å². The zero-order valence-electron chi connectivity index (χ0n) is 10.0. The van der Waals surface area contributed by atoms with Crippen LogP contribution in [0.15, 0.2) is 24.3 Å². The fraction of sp³-hybridized carbons (Fsp3) is 0.308. The summed E-state index contributed by atoms with van der Waals surface area (Å²) in [5.74, 6) is -2.54. The Morgan fingerprint density at radius 2 is 2.16 bits per heavy atom. The molecule has 19 heavy (non-hydrogen) atoms. The first kappa shape index (κ1) is 13.5. The minimum atomic E-state index is -1.19. The molecule has 0 aliphatic carbocycles. The van der Waals surface area contributed by atoms with Crippen molar-refractivity contribution in [3.05, 3.63) is 34.9 Å². The normalized spacial score (nSPS) is 19.0. The molecule has 1 atom stereocenters. The molecule has 1 heterocycles. The van der Waals surface area contributed by atoms with Gasteiger partial charge >= 0.3 is 5.97 Å². The molecule has 100 valence electrons. The summed E-state index contributed by atoms with van der Waals surface area (Å²) in [7, 11) is 0. The number of aliphatic carboxylic acids is 1. The number of carbonyl (C=O) groups is 3. The van der Waals surface area contributed by atoms with Crippen LogP contribution in [0.4, 0.5) is 0 Å². The van der Waals surface area contributed by atoms with Crippen molar-refractivity contribution in [2.75, 3.05) is 6.54 Å². The lowest BCUT2D eigenvalue weighted by atomic mass is 9.98. The monoisotopic (exact) mass is 281 g/mol. The molecule has 1 N–H and O–H groups in total. The maximum Gasteiger partial charge on any atom is 0.323 e. The van der Waals surface area contributed by atoms with E-state index in [0.717, 1.165) is 10.5 Å². The predicted molar refractivity (Wildman–Crippen MR) is 67.6 cm³/mol. The molecule has 1 unspecified atom stereocenters. The summed E-state index contributed by atoms with van der Waals surface area (Å²) in [6, 6.07) is 7.06. The number of rotatable bonds is 4. The Bertz CT molecular complexity index is 543. The van der Waals surface area contributed by atoms with Crippen LogP contribution in [0.25, 0.3) is 0 Å². The smallest absolute Gasteiger partial charge is 0.323 e. The topological polar surface area (TPSA) is 74.7 Å². The number of imide groups is 1. The molecular formula is C13H12ClNO4. The molecule has 1 aliphatic heterocycles. The van der Waals surface area contributed by atoms with Crippen LogP contribution in [0.2, 0.25) is 5.02 Å². The van der Waals surface area contributed by atoms with Gasteiger partial charge in [0.25, 0.3) is 0 Å². The standard InChI is InChI=1S/C13H12ClNO4/c14-10-3-1-2-8(5-10)4-9-6-11(16)15(13(9)19)7-12(17)18/h1-3,5,9H,4,6-7H2,(H,17,18). The van der Waals surface area contributed by atoms with Crippen molar-refractivity contribution in [3.8, 4) is 0 Å². The molecule has 5 nitrogen and oxygen atoms in total. The number of likely N-dealkylation sites (tertiary alicyclic amines) is 1. The van der Waals surface area contributed by atoms with Crippen LogP contribution in [0.5, 0.6) is 0 Å². The van der Waals surface area contributed by atoms with Crippen molar-refractivity contribution in [1.82, 2.24) is 4.90 Å². The van der Waals surface area contributed by atoms with Crippen LogP contribution >= 0.6 is 11.6 Å². The van der Waals surface area contributed by atoms with E-state index >= 15 is 0 Å². The van der Waals surface area contributed by atoms with Crippen LogP contribution in [0, 0.1) is 5.92 Å². The Balaban J connectivity index is 2.09. The third-order valence-electron chi connectivity index (χ3n) is 3.00. The Kier molecular flexibility index (Phi) is 3.85. The summed E-state index contributed by atoms with van der Waals surface area (Å²) in [6.45, 7) is -0.566. The third-order valence-corrected chi connectivity index (χ3v) is 3.24. The SMILES string of the molecule is O=C(O)CN1C(=O)CC(Cc2cccc(Cl)c2)C1=O. The summed E-state index contributed by atoms with van der Waals surface area (Å²) in [6.07, 6.45) is 0.444. The molecule has 1 aromatic rings. The first-order chi connectivity index (χ1) is 8.97. The molecule has 0 spiro atoms. The molecule has 1 saturated heterocycles. The van der Waals surface area contributed by atoms with E-state index < -0.39 is 30.2 Å². The summed E-state index contributed by atoms with van der Waals surface area (Å²) in [5.41, 5.74) is 0.857. The Morgan fingerprint density at radius 3 is 2.79 bits per heavy atom. The number of halogens is 1. The largest absolute Gasteiger partial charge is 0.480 e. The van der Waals surface area contributed by atoms with E-state index in [9.17, 15) is 14.4 Å². The molecule has 0 radical (unpaired) electrons. The van der Waals surface area contributed by atoms with Gasteiger partial charge in [-0.25, -0.2) is 0 Å². The second-order valence-electron chi connectivity index (χ2n) is 4.45. The van der Waals surface area contributed by atoms with Gasteiger partial charge in [-0.1, -0.05) is 23.7 Å². The summed E-state index contributed by atoms with van der Waals surface area (Å²) in [4.78, 5) is 34.9. The average Bonchev–Trinajstić information content (AvgIpc) is 2.57. The van der Waals surface area contributed by atoms with Gasteiger partial charge in [0.1, 0.15) is 6.54 Å². The van der Waals surface area contributed by atoms with Crippen LogP contribution in [-0.2, 0) is 20.8 Å². The number of amides is 2. The second kappa shape index (κ2) is 5.40. The predicted octanol–water partition coefficient (Wildman–Crippen LogP) is 1.34. The van der Waals surface area contributed by atoms with Crippen molar-refractivity contribution in [2.24, 2.45) is 5.92 Å². The lowest BCUT2D eigenvalue weighted by Gasteiger charge is -2.12. The van der Waals surface area contributed by atoms with Crippen molar-refractivity contribution in [1.29, 1.82) is 0 Å². The van der Waals surface area contributed by atoms with E-state index in [1.807, 2.05) is 6.07 Å². The van der Waals surface area contributed by atoms with Gasteiger partial charge in [-0.05, 0) is 24.1 Å². The molecule has 1 fully saturated rings. The van der Waals surface area contributed by atoms with Crippen molar-refractivity contribution >= 4 is 29.4 Å². The van der Waals surface area contributed by atoms with Gasteiger partial charge < -0.3 is 5.11 Å². The number of benzene rings is 1. The van der Waals surface area contributed by atoms with E-state index in [1.165, 1.54) is 0 Å². The van der Waals surface area contributed by atoms with Crippen molar-refractivity contribution < 1.29 is 19.5 Å². The van der Waals surface area contributed by atoms with Gasteiger partial charge in [0, 0.05) is 11.4 Å². The first-order valence-electron chi connectivity index (χ1n) is 5.78. The van der Waals surface area contributed by atoms with Crippen LogP contribution in [0.3, 0.4) is 0 Å². The highest BCUT2D eigenvalue weighted by Gasteiger charge is 2.39. The summed E-state index contributed by atoms with van der Waals surface area (Å²) < 4.78 is 0. The fourth-order valence-electron chi connectivity index (χ4n) is 2.16. The van der Waals surface area contributed by atoms with E-state index in [1.54, 1.807) is 18.2 Å². The van der Waals surface area contributed by atoms with Crippen LogP contribution in [-0.4, -0.2) is 34.3 Å². The zero-order valence-corrected chi connectivity index (χ0v) is 10.8. The van der Waals surface area contributed by atoms with Gasteiger partial charge in [-0.3, -0.25) is 19.3 Å². The first-order valence-corrected chi connectivity index (χ1v) is 6.15. The van der Waals surface area contributed by atoms with E-state index in [-0.39, 0.29) is 6.42 Å². The number of hydrogen-bond acceptors (Lipinski definition) is 3. The molecule has 0 saturated carbocycles. The highest BCUT2D eigenvalue weighted by molar-refractivity contribution is 6.30. The Morgan fingerprint density at radius 1 is 1.42 bits per heavy atom. The van der Waals surface area contributed by atoms with Crippen LogP contribution < -0.4 is 0 Å². The third kappa shape index (κ3) is 3.12. The number of hydrogen-bond donors (Lipinski definition) is 1. The number of carboxylic acids is 1. The van der Waals surface area contributed by atoms with Gasteiger partial charge in [-0.15, -0.1) is 0 Å². The summed E-state index contributed by atoms with van der Waals surface area (Å²) in [5, 5.41) is 9.22. The fourth-order valence-corrected chi connectivity index (χ4v) is 2.37. The lowest BCUT2D eigenvalue weighted by Crippen LogP contribution is -2.35. The minimum Gasteiger partial charge on any atom is -0.480 e. The quantitative estimate of drug-likeness (QED) is 0.845. The molecule has 1 aliphatic rings. The van der Waals surface area contributed by atoms with E-state index in [4.69, 9.17) is 16.7 Å². The maximum atomic E-state index is 11.9. The number of nitrogens with zero attached hydrogens (tertiary/aromatic N) is 1. The second-order valence-corrected chi connectivity index (χ2v) is 4.88. The molecule has 2 rings (SSSR count). The molecule has 0 bridgehead atoms. The summed E-state index contributed by atoms with van der Waals surface area (Å²) >= 11 is 5.85. The highest BCUT2D eigenvalue weighted by Crippen LogP contribution is 2.24. The zero-order chi connectivity index (χ0) is 14.0. The Labute approximate surface area is 114 Å². The highest BCUT2D eigenvalue weighted by atomic mass is 35.5. The van der Waals surface area contributed by atoms with Gasteiger partial charge in [0.05, 0.1) is 5.92 Å². The van der Waals surface area contributed by atoms with Gasteiger partial charge in [0.2, 0.25) is 11.8 Å². The minimum absolute atomic E-state index is 0.0542. The van der Waals surface area contributed by atoms with E-state index in [0.29, 0.717) is 11.4 Å². The molecule has 2 amide bonds.